The molecule has 0 aromatic carbocycles. The van der Waals surface area contributed by atoms with Gasteiger partial charge in [0.15, 0.2) is 0 Å². The fraction of sp³-hybridized carbons (Fsp3) is 0.385. The summed E-state index contributed by atoms with van der Waals surface area (Å²) in [5, 5.41) is 10.2. The van der Waals surface area contributed by atoms with E-state index in [0.717, 1.165) is 13.0 Å². The van der Waals surface area contributed by atoms with Crippen LogP contribution in [0.25, 0.3) is 0 Å². The highest BCUT2D eigenvalue weighted by atomic mass is 79.9. The van der Waals surface area contributed by atoms with Gasteiger partial charge in [0, 0.05) is 27.2 Å². The van der Waals surface area contributed by atoms with Crippen molar-refractivity contribution in [1.29, 1.82) is 0 Å². The van der Waals surface area contributed by atoms with Gasteiger partial charge < -0.3 is 5.32 Å². The minimum Gasteiger partial charge on any atom is -0.310 e. The van der Waals surface area contributed by atoms with Crippen LogP contribution >= 0.6 is 38.6 Å². The number of hydrogen-bond acceptors (Lipinski definition) is 3. The van der Waals surface area contributed by atoms with Crippen molar-refractivity contribution in [3.8, 4) is 0 Å². The minimum atomic E-state index is 0.441. The third-order valence-electron chi connectivity index (χ3n) is 2.75. The standard InChI is InChI=1S/C13H16BrNS2/c1-3-15-13(12-8-16-6-9(12)2)5-11-4-10(14)7-17-11/h4,6-8,13,15H,3,5H2,1-2H3. The van der Waals surface area contributed by atoms with Crippen LogP contribution in [0.2, 0.25) is 0 Å². The molecule has 0 fully saturated rings. The topological polar surface area (TPSA) is 12.0 Å². The average molecular weight is 330 g/mol. The third kappa shape index (κ3) is 3.41. The highest BCUT2D eigenvalue weighted by molar-refractivity contribution is 9.10. The van der Waals surface area contributed by atoms with E-state index in [-0.39, 0.29) is 0 Å². The van der Waals surface area contributed by atoms with Crippen molar-refractivity contribution in [1.82, 2.24) is 5.32 Å². The van der Waals surface area contributed by atoms with E-state index >= 15 is 0 Å². The summed E-state index contributed by atoms with van der Waals surface area (Å²) in [5.41, 5.74) is 2.85. The number of rotatable bonds is 5. The molecule has 17 heavy (non-hydrogen) atoms. The van der Waals surface area contributed by atoms with Gasteiger partial charge in [0.25, 0.3) is 0 Å². The van der Waals surface area contributed by atoms with Gasteiger partial charge in [0.2, 0.25) is 0 Å². The highest BCUT2D eigenvalue weighted by Gasteiger charge is 2.15. The first-order valence-electron chi connectivity index (χ1n) is 5.69. The van der Waals surface area contributed by atoms with E-state index in [0.29, 0.717) is 6.04 Å². The Morgan fingerprint density at radius 3 is 2.71 bits per heavy atom. The molecule has 2 aromatic heterocycles. The zero-order valence-electron chi connectivity index (χ0n) is 10.00. The maximum absolute atomic E-state index is 3.58. The van der Waals surface area contributed by atoms with Gasteiger partial charge in [-0.05, 0) is 57.4 Å². The molecule has 1 N–H and O–H groups in total. The number of thiophene rings is 2. The van der Waals surface area contributed by atoms with E-state index in [9.17, 15) is 0 Å². The second kappa shape index (κ2) is 6.14. The molecule has 2 aromatic rings. The summed E-state index contributed by atoms with van der Waals surface area (Å²) in [4.78, 5) is 1.42. The largest absolute Gasteiger partial charge is 0.310 e. The van der Waals surface area contributed by atoms with Crippen LogP contribution in [-0.2, 0) is 6.42 Å². The molecule has 92 valence electrons. The zero-order valence-corrected chi connectivity index (χ0v) is 13.2. The molecule has 0 bridgehead atoms. The minimum absolute atomic E-state index is 0.441. The SMILES string of the molecule is CCNC(Cc1cc(Br)cs1)c1cscc1C. The number of nitrogens with one attached hydrogen (secondary N) is 1. The second-order valence-corrected chi connectivity index (χ2v) is 6.71. The van der Waals surface area contributed by atoms with Crippen molar-refractivity contribution >= 4 is 38.6 Å². The Bertz CT molecular complexity index is 475. The second-order valence-electron chi connectivity index (χ2n) is 4.06. The molecule has 1 atom stereocenters. The molecule has 0 aliphatic rings. The summed E-state index contributed by atoms with van der Waals surface area (Å²) in [6.45, 7) is 5.37. The van der Waals surface area contributed by atoms with Crippen LogP contribution in [0.5, 0.6) is 0 Å². The van der Waals surface area contributed by atoms with Gasteiger partial charge in [0.05, 0.1) is 0 Å². The maximum atomic E-state index is 3.58. The Labute approximate surface area is 119 Å². The van der Waals surface area contributed by atoms with Gasteiger partial charge in [-0.25, -0.2) is 0 Å². The van der Waals surface area contributed by atoms with Crippen LogP contribution in [0, 0.1) is 6.92 Å². The van der Waals surface area contributed by atoms with Crippen molar-refractivity contribution in [2.45, 2.75) is 26.3 Å². The Hall–Kier alpha value is -0.160. The van der Waals surface area contributed by atoms with Gasteiger partial charge >= 0.3 is 0 Å². The highest BCUT2D eigenvalue weighted by Crippen LogP contribution is 2.28. The summed E-state index contributed by atoms with van der Waals surface area (Å²) >= 11 is 7.13. The molecule has 1 nitrogen and oxygen atoms in total. The summed E-state index contributed by atoms with van der Waals surface area (Å²) in [6, 6.07) is 2.66. The molecule has 0 spiro atoms. The number of halogens is 1. The first kappa shape index (κ1) is 13.3. The van der Waals surface area contributed by atoms with Gasteiger partial charge in [-0.3, -0.25) is 0 Å². The summed E-state index contributed by atoms with van der Waals surface area (Å²) in [7, 11) is 0. The zero-order chi connectivity index (χ0) is 12.3. The van der Waals surface area contributed by atoms with E-state index in [1.807, 2.05) is 11.3 Å². The molecular formula is C13H16BrNS2. The molecule has 0 aliphatic carbocycles. The molecule has 2 heterocycles. The van der Waals surface area contributed by atoms with E-state index in [2.05, 4.69) is 57.3 Å². The molecular weight excluding hydrogens is 314 g/mol. The molecule has 0 saturated heterocycles. The quantitative estimate of drug-likeness (QED) is 0.832. The lowest BCUT2D eigenvalue weighted by Gasteiger charge is -2.17. The lowest BCUT2D eigenvalue weighted by Crippen LogP contribution is -2.22. The van der Waals surface area contributed by atoms with Gasteiger partial charge in [-0.15, -0.1) is 11.3 Å². The predicted molar refractivity (Wildman–Crippen MR) is 81.2 cm³/mol. The molecule has 0 saturated carbocycles. The fourth-order valence-electron chi connectivity index (χ4n) is 1.93. The van der Waals surface area contributed by atoms with Gasteiger partial charge in [-0.2, -0.15) is 11.3 Å². The lowest BCUT2D eigenvalue weighted by atomic mass is 10.0. The smallest absolute Gasteiger partial charge is 0.0379 e. The van der Waals surface area contributed by atoms with Gasteiger partial charge in [-0.1, -0.05) is 6.92 Å². The van der Waals surface area contributed by atoms with Crippen LogP contribution in [0.1, 0.15) is 29.0 Å². The third-order valence-corrected chi connectivity index (χ3v) is 5.35. The van der Waals surface area contributed by atoms with Crippen molar-refractivity contribution in [3.05, 3.63) is 42.7 Å². The van der Waals surface area contributed by atoms with Crippen molar-refractivity contribution in [3.63, 3.8) is 0 Å². The van der Waals surface area contributed by atoms with E-state index in [1.54, 1.807) is 11.3 Å². The Morgan fingerprint density at radius 2 is 2.18 bits per heavy atom. The van der Waals surface area contributed by atoms with Gasteiger partial charge in [0.1, 0.15) is 0 Å². The molecule has 0 radical (unpaired) electrons. The molecule has 4 heteroatoms. The number of hydrogen-bond donors (Lipinski definition) is 1. The lowest BCUT2D eigenvalue weighted by molar-refractivity contribution is 0.552. The maximum Gasteiger partial charge on any atom is 0.0379 e. The fourth-order valence-corrected chi connectivity index (χ4v) is 4.33. The van der Waals surface area contributed by atoms with Crippen LogP contribution < -0.4 is 5.32 Å². The summed E-state index contributed by atoms with van der Waals surface area (Å²) in [5.74, 6) is 0. The predicted octanol–water partition coefficient (Wildman–Crippen LogP) is 4.77. The van der Waals surface area contributed by atoms with E-state index in [4.69, 9.17) is 0 Å². The molecule has 0 amide bonds. The van der Waals surface area contributed by atoms with Crippen molar-refractivity contribution in [2.75, 3.05) is 6.54 Å². The van der Waals surface area contributed by atoms with Crippen LogP contribution in [0.3, 0.4) is 0 Å². The first-order valence-corrected chi connectivity index (χ1v) is 8.31. The number of likely N-dealkylation sites (N-methyl/N-ethyl adjacent to an activating group) is 1. The molecule has 1 unspecified atom stereocenters. The Kier molecular flexibility index (Phi) is 4.79. The monoisotopic (exact) mass is 329 g/mol. The number of aryl methyl sites for hydroxylation is 1. The van der Waals surface area contributed by atoms with Crippen LogP contribution in [0.15, 0.2) is 26.7 Å². The van der Waals surface area contributed by atoms with Crippen LogP contribution in [0.4, 0.5) is 0 Å². The first-order chi connectivity index (χ1) is 8.20. The summed E-state index contributed by atoms with van der Waals surface area (Å²) in [6.07, 6.45) is 1.07. The van der Waals surface area contributed by atoms with E-state index < -0.39 is 0 Å². The van der Waals surface area contributed by atoms with Crippen LogP contribution in [-0.4, -0.2) is 6.54 Å². The van der Waals surface area contributed by atoms with Crippen molar-refractivity contribution < 1.29 is 0 Å². The summed E-state index contributed by atoms with van der Waals surface area (Å²) < 4.78 is 1.19. The normalized spacial score (nSPS) is 12.9. The van der Waals surface area contributed by atoms with Crippen molar-refractivity contribution in [2.24, 2.45) is 0 Å². The van der Waals surface area contributed by atoms with E-state index in [1.165, 1.54) is 20.5 Å². The Balaban J connectivity index is 2.15. The molecule has 0 aliphatic heterocycles. The molecule has 2 rings (SSSR count). The Morgan fingerprint density at radius 1 is 1.35 bits per heavy atom. The average Bonchev–Trinajstić information content (AvgIpc) is 2.87.